The molecule has 25 heavy (non-hydrogen) atoms. The fraction of sp³-hybridized carbons (Fsp3) is 0.909. The van der Waals surface area contributed by atoms with Gasteiger partial charge in [0.1, 0.15) is 0 Å². The van der Waals surface area contributed by atoms with E-state index in [9.17, 15) is 0 Å². The van der Waals surface area contributed by atoms with Gasteiger partial charge in [-0.05, 0) is 52.4 Å². The van der Waals surface area contributed by atoms with Crippen molar-refractivity contribution in [2.45, 2.75) is 99.7 Å². The van der Waals surface area contributed by atoms with Crippen molar-refractivity contribution in [1.82, 2.24) is 5.32 Å². The minimum atomic E-state index is -0.100. The number of ether oxygens (including phenoxy) is 2. The van der Waals surface area contributed by atoms with E-state index >= 15 is 0 Å². The fourth-order valence-corrected chi connectivity index (χ4v) is 3.15. The molecular weight excluding hydrogens is 310 g/mol. The molecule has 0 bridgehead atoms. The molecule has 0 aliphatic carbocycles. The smallest absolute Gasteiger partial charge is 0.0648 e. The van der Waals surface area contributed by atoms with Gasteiger partial charge in [0.2, 0.25) is 0 Å². The standard InChI is InChI=1S/C22H45NO2/c1-11-20(5,6)17-21(7,8)19(4)23-15-13-18(3)24-16-14-22(9,10)25-12-2/h18,23H,4,11-17H2,1-3,5-10H3. The first kappa shape index (κ1) is 24.5. The summed E-state index contributed by atoms with van der Waals surface area (Å²) in [6.45, 7) is 26.6. The highest BCUT2D eigenvalue weighted by molar-refractivity contribution is 5.06. The molecule has 150 valence electrons. The van der Waals surface area contributed by atoms with E-state index < -0.39 is 0 Å². The number of nitrogens with one attached hydrogen (secondary N) is 1. The summed E-state index contributed by atoms with van der Waals surface area (Å²) in [7, 11) is 0. The molecule has 3 nitrogen and oxygen atoms in total. The lowest BCUT2D eigenvalue weighted by molar-refractivity contribution is -0.0446. The lowest BCUT2D eigenvalue weighted by atomic mass is 9.72. The topological polar surface area (TPSA) is 30.5 Å². The molecule has 0 amide bonds. The van der Waals surface area contributed by atoms with Gasteiger partial charge in [0.15, 0.2) is 0 Å². The summed E-state index contributed by atoms with van der Waals surface area (Å²) in [6, 6.07) is 0. The molecule has 0 heterocycles. The average Bonchev–Trinajstić information content (AvgIpc) is 2.45. The van der Waals surface area contributed by atoms with Crippen molar-refractivity contribution in [3.05, 3.63) is 12.3 Å². The highest BCUT2D eigenvalue weighted by atomic mass is 16.5. The van der Waals surface area contributed by atoms with Crippen LogP contribution in [0.3, 0.4) is 0 Å². The third-order valence-corrected chi connectivity index (χ3v) is 5.23. The Labute approximate surface area is 157 Å². The molecule has 0 aromatic rings. The lowest BCUT2D eigenvalue weighted by Crippen LogP contribution is -2.32. The maximum absolute atomic E-state index is 5.94. The first-order chi connectivity index (χ1) is 11.4. The molecule has 1 N–H and O–H groups in total. The molecule has 1 unspecified atom stereocenters. The second-order valence-corrected chi connectivity index (χ2v) is 9.40. The molecule has 0 radical (unpaired) electrons. The minimum Gasteiger partial charge on any atom is -0.388 e. The van der Waals surface area contributed by atoms with Crippen molar-refractivity contribution >= 4 is 0 Å². The van der Waals surface area contributed by atoms with Crippen molar-refractivity contribution in [2.24, 2.45) is 10.8 Å². The Morgan fingerprint density at radius 2 is 1.68 bits per heavy atom. The Morgan fingerprint density at radius 3 is 2.20 bits per heavy atom. The molecule has 1 atom stereocenters. The minimum absolute atomic E-state index is 0.100. The molecule has 0 rings (SSSR count). The van der Waals surface area contributed by atoms with E-state index in [1.165, 1.54) is 6.42 Å². The van der Waals surface area contributed by atoms with Crippen LogP contribution in [0.25, 0.3) is 0 Å². The van der Waals surface area contributed by atoms with Gasteiger partial charge in [-0.25, -0.2) is 0 Å². The third kappa shape index (κ3) is 10.9. The Kier molecular flexibility index (Phi) is 10.3. The zero-order chi connectivity index (χ0) is 19.7. The van der Waals surface area contributed by atoms with E-state index in [0.29, 0.717) is 5.41 Å². The molecule has 0 fully saturated rings. The van der Waals surface area contributed by atoms with Crippen LogP contribution in [0.2, 0.25) is 0 Å². The molecule has 0 aliphatic rings. The van der Waals surface area contributed by atoms with Crippen LogP contribution in [0.5, 0.6) is 0 Å². The summed E-state index contributed by atoms with van der Waals surface area (Å²) in [4.78, 5) is 0. The molecule has 3 heteroatoms. The van der Waals surface area contributed by atoms with Crippen molar-refractivity contribution in [2.75, 3.05) is 19.8 Å². The molecule has 0 spiro atoms. The first-order valence-electron chi connectivity index (χ1n) is 10.0. The van der Waals surface area contributed by atoms with E-state index in [4.69, 9.17) is 9.47 Å². The fourth-order valence-electron chi connectivity index (χ4n) is 3.15. The van der Waals surface area contributed by atoms with Crippen LogP contribution in [-0.4, -0.2) is 31.5 Å². The van der Waals surface area contributed by atoms with Crippen LogP contribution < -0.4 is 5.32 Å². The van der Waals surface area contributed by atoms with Crippen LogP contribution in [0.1, 0.15) is 88.0 Å². The Morgan fingerprint density at radius 1 is 1.08 bits per heavy atom. The predicted octanol–water partition coefficient (Wildman–Crippen LogP) is 5.94. The van der Waals surface area contributed by atoms with Gasteiger partial charge in [-0.15, -0.1) is 0 Å². The molecule has 0 aromatic heterocycles. The summed E-state index contributed by atoms with van der Waals surface area (Å²) < 4.78 is 11.6. The lowest BCUT2D eigenvalue weighted by Gasteiger charge is -2.36. The van der Waals surface area contributed by atoms with E-state index in [1.54, 1.807) is 0 Å². The summed E-state index contributed by atoms with van der Waals surface area (Å²) in [6.07, 6.45) is 4.48. The van der Waals surface area contributed by atoms with Gasteiger partial charge >= 0.3 is 0 Å². The molecule has 0 aromatic carbocycles. The zero-order valence-electron chi connectivity index (χ0n) is 18.6. The van der Waals surface area contributed by atoms with Crippen LogP contribution in [0.15, 0.2) is 12.3 Å². The Hall–Kier alpha value is -0.540. The monoisotopic (exact) mass is 355 g/mol. The zero-order valence-corrected chi connectivity index (χ0v) is 18.6. The van der Waals surface area contributed by atoms with Crippen LogP contribution in [0, 0.1) is 10.8 Å². The second-order valence-electron chi connectivity index (χ2n) is 9.40. The highest BCUT2D eigenvalue weighted by Gasteiger charge is 2.29. The average molecular weight is 356 g/mol. The van der Waals surface area contributed by atoms with Crippen LogP contribution >= 0.6 is 0 Å². The number of hydrogen-bond donors (Lipinski definition) is 1. The summed E-state index contributed by atoms with van der Waals surface area (Å²) in [5, 5.41) is 3.53. The number of hydrogen-bond acceptors (Lipinski definition) is 3. The van der Waals surface area contributed by atoms with Gasteiger partial charge in [-0.1, -0.05) is 47.6 Å². The third-order valence-electron chi connectivity index (χ3n) is 5.23. The summed E-state index contributed by atoms with van der Waals surface area (Å²) in [5.74, 6) is 0. The number of allylic oxidation sites excluding steroid dienone is 1. The van der Waals surface area contributed by atoms with Gasteiger partial charge in [-0.3, -0.25) is 0 Å². The van der Waals surface area contributed by atoms with Crippen LogP contribution in [-0.2, 0) is 9.47 Å². The van der Waals surface area contributed by atoms with Gasteiger partial charge in [0.25, 0.3) is 0 Å². The van der Waals surface area contributed by atoms with Crippen molar-refractivity contribution in [3.63, 3.8) is 0 Å². The second kappa shape index (κ2) is 10.6. The maximum atomic E-state index is 5.94. The summed E-state index contributed by atoms with van der Waals surface area (Å²) in [5.41, 5.74) is 1.49. The normalized spacial score (nSPS) is 14.4. The van der Waals surface area contributed by atoms with E-state index in [0.717, 1.165) is 44.7 Å². The quantitative estimate of drug-likeness (QED) is 0.418. The largest absolute Gasteiger partial charge is 0.388 e. The Balaban J connectivity index is 4.11. The van der Waals surface area contributed by atoms with E-state index in [2.05, 4.69) is 67.3 Å². The summed E-state index contributed by atoms with van der Waals surface area (Å²) >= 11 is 0. The van der Waals surface area contributed by atoms with Crippen molar-refractivity contribution in [1.29, 1.82) is 0 Å². The van der Waals surface area contributed by atoms with Gasteiger partial charge in [0.05, 0.1) is 11.7 Å². The predicted molar refractivity (Wildman–Crippen MR) is 110 cm³/mol. The molecule has 0 saturated carbocycles. The van der Waals surface area contributed by atoms with Gasteiger partial charge in [0, 0.05) is 30.9 Å². The van der Waals surface area contributed by atoms with Gasteiger partial charge < -0.3 is 14.8 Å². The molecule has 0 saturated heterocycles. The maximum Gasteiger partial charge on any atom is 0.0648 e. The molecule has 0 aliphatic heterocycles. The van der Waals surface area contributed by atoms with Crippen molar-refractivity contribution < 1.29 is 9.47 Å². The van der Waals surface area contributed by atoms with Crippen LogP contribution in [0.4, 0.5) is 0 Å². The van der Waals surface area contributed by atoms with Gasteiger partial charge in [-0.2, -0.15) is 0 Å². The van der Waals surface area contributed by atoms with Crippen molar-refractivity contribution in [3.8, 4) is 0 Å². The first-order valence-corrected chi connectivity index (χ1v) is 10.0. The van der Waals surface area contributed by atoms with E-state index in [-0.39, 0.29) is 17.1 Å². The Bertz CT molecular complexity index is 385. The number of rotatable bonds is 14. The highest BCUT2D eigenvalue weighted by Crippen LogP contribution is 2.39. The van der Waals surface area contributed by atoms with E-state index in [1.807, 2.05) is 6.92 Å². The SMILES string of the molecule is C=C(NCCC(C)OCCC(C)(C)OCC)C(C)(C)CC(C)(C)CC. The molecular formula is C22H45NO2.